The number of hydrogen-bond acceptors (Lipinski definition) is 3. The number of aliphatic hydroxyl groups is 1. The Balaban J connectivity index is 2.37. The Labute approximate surface area is 98.1 Å². The average molecular weight is 222 g/mol. The Morgan fingerprint density at radius 3 is 2.56 bits per heavy atom. The van der Waals surface area contributed by atoms with E-state index >= 15 is 0 Å². The number of likely N-dealkylation sites (N-methyl/N-ethyl adjacent to an activating group) is 2. The van der Waals surface area contributed by atoms with Gasteiger partial charge in [-0.2, -0.15) is 0 Å². The number of hydrogen-bond donors (Lipinski definition) is 2. The molecule has 0 radical (unpaired) electrons. The molecule has 0 bridgehead atoms. The van der Waals surface area contributed by atoms with Gasteiger partial charge in [0.15, 0.2) is 0 Å². The van der Waals surface area contributed by atoms with Crippen LogP contribution >= 0.6 is 0 Å². The highest BCUT2D eigenvalue weighted by atomic mass is 16.3. The molecule has 1 rings (SSSR count). The van der Waals surface area contributed by atoms with E-state index in [9.17, 15) is 0 Å². The van der Waals surface area contributed by atoms with Crippen LogP contribution in [0.4, 0.5) is 0 Å². The van der Waals surface area contributed by atoms with Gasteiger partial charge in [0.2, 0.25) is 0 Å². The van der Waals surface area contributed by atoms with E-state index in [1.165, 1.54) is 5.56 Å². The number of aliphatic hydroxyl groups excluding tert-OH is 1. The molecule has 16 heavy (non-hydrogen) atoms. The summed E-state index contributed by atoms with van der Waals surface area (Å²) in [4.78, 5) is 2.27. The van der Waals surface area contributed by atoms with Gasteiger partial charge in [0.1, 0.15) is 0 Å². The SMILES string of the molecule is CNC(CCO)CN(C)Cc1ccccc1. The van der Waals surface area contributed by atoms with E-state index in [2.05, 4.69) is 41.5 Å². The topological polar surface area (TPSA) is 35.5 Å². The fraction of sp³-hybridized carbons (Fsp3) is 0.538. The monoisotopic (exact) mass is 222 g/mol. The summed E-state index contributed by atoms with van der Waals surface area (Å²) in [5, 5.41) is 12.1. The van der Waals surface area contributed by atoms with Gasteiger partial charge in [-0.15, -0.1) is 0 Å². The van der Waals surface area contributed by atoms with Crippen molar-refractivity contribution in [2.75, 3.05) is 27.2 Å². The van der Waals surface area contributed by atoms with Crippen LogP contribution in [0.3, 0.4) is 0 Å². The fourth-order valence-corrected chi connectivity index (χ4v) is 1.82. The molecule has 1 unspecified atom stereocenters. The number of rotatable bonds is 7. The van der Waals surface area contributed by atoms with Crippen LogP contribution in [0.25, 0.3) is 0 Å². The molecule has 3 nitrogen and oxygen atoms in total. The van der Waals surface area contributed by atoms with E-state index in [-0.39, 0.29) is 6.61 Å². The lowest BCUT2D eigenvalue weighted by Gasteiger charge is -2.23. The molecule has 0 spiro atoms. The highest BCUT2D eigenvalue weighted by Gasteiger charge is 2.08. The summed E-state index contributed by atoms with van der Waals surface area (Å²) >= 11 is 0. The van der Waals surface area contributed by atoms with Crippen LogP contribution in [0.5, 0.6) is 0 Å². The molecular formula is C13H22N2O. The molecule has 0 aliphatic heterocycles. The van der Waals surface area contributed by atoms with E-state index < -0.39 is 0 Å². The summed E-state index contributed by atoms with van der Waals surface area (Å²) < 4.78 is 0. The summed E-state index contributed by atoms with van der Waals surface area (Å²) in [6, 6.07) is 10.8. The van der Waals surface area contributed by atoms with Crippen molar-refractivity contribution in [3.63, 3.8) is 0 Å². The summed E-state index contributed by atoms with van der Waals surface area (Å²) in [5.74, 6) is 0. The van der Waals surface area contributed by atoms with E-state index in [0.29, 0.717) is 6.04 Å². The predicted molar refractivity (Wildman–Crippen MR) is 67.3 cm³/mol. The molecule has 1 aromatic carbocycles. The summed E-state index contributed by atoms with van der Waals surface area (Å²) in [6.07, 6.45) is 0.801. The molecule has 0 heterocycles. The van der Waals surface area contributed by atoms with Crippen molar-refractivity contribution in [3.8, 4) is 0 Å². The molecule has 3 heteroatoms. The maximum Gasteiger partial charge on any atom is 0.0446 e. The first-order valence-corrected chi connectivity index (χ1v) is 5.77. The van der Waals surface area contributed by atoms with Crippen LogP contribution in [0.2, 0.25) is 0 Å². The molecule has 0 aliphatic carbocycles. The Morgan fingerprint density at radius 1 is 1.31 bits per heavy atom. The lowest BCUT2D eigenvalue weighted by molar-refractivity contribution is 0.230. The standard InChI is InChI=1S/C13H22N2O/c1-14-13(8-9-16)11-15(2)10-12-6-4-3-5-7-12/h3-7,13-14,16H,8-11H2,1-2H3. The molecule has 0 saturated carbocycles. The largest absolute Gasteiger partial charge is 0.396 e. The van der Waals surface area contributed by atoms with E-state index in [1.807, 2.05) is 13.1 Å². The molecule has 1 aromatic rings. The van der Waals surface area contributed by atoms with E-state index in [0.717, 1.165) is 19.5 Å². The van der Waals surface area contributed by atoms with Crippen LogP contribution in [-0.2, 0) is 6.54 Å². The van der Waals surface area contributed by atoms with Gasteiger partial charge in [-0.3, -0.25) is 0 Å². The zero-order valence-electron chi connectivity index (χ0n) is 10.2. The van der Waals surface area contributed by atoms with E-state index in [4.69, 9.17) is 5.11 Å². The van der Waals surface area contributed by atoms with Crippen LogP contribution in [0.15, 0.2) is 30.3 Å². The van der Waals surface area contributed by atoms with Crippen LogP contribution in [0.1, 0.15) is 12.0 Å². The molecule has 2 N–H and O–H groups in total. The summed E-state index contributed by atoms with van der Waals surface area (Å²) in [6.45, 7) is 2.14. The molecule has 0 fully saturated rings. The van der Waals surface area contributed by atoms with Crippen molar-refractivity contribution in [1.82, 2.24) is 10.2 Å². The van der Waals surface area contributed by atoms with Gasteiger partial charge in [0.25, 0.3) is 0 Å². The Bertz CT molecular complexity index is 277. The summed E-state index contributed by atoms with van der Waals surface area (Å²) in [7, 11) is 4.05. The molecule has 1 atom stereocenters. The lowest BCUT2D eigenvalue weighted by atomic mass is 10.2. The number of nitrogens with zero attached hydrogens (tertiary/aromatic N) is 1. The van der Waals surface area contributed by atoms with Crippen molar-refractivity contribution < 1.29 is 5.11 Å². The summed E-state index contributed by atoms with van der Waals surface area (Å²) in [5.41, 5.74) is 1.32. The molecule has 0 aromatic heterocycles. The maximum atomic E-state index is 8.91. The second kappa shape index (κ2) is 7.39. The van der Waals surface area contributed by atoms with Crippen LogP contribution in [0, 0.1) is 0 Å². The maximum absolute atomic E-state index is 8.91. The van der Waals surface area contributed by atoms with Crippen molar-refractivity contribution >= 4 is 0 Å². The van der Waals surface area contributed by atoms with Gasteiger partial charge in [-0.05, 0) is 26.1 Å². The first-order valence-electron chi connectivity index (χ1n) is 5.77. The van der Waals surface area contributed by atoms with Crippen LogP contribution in [-0.4, -0.2) is 43.3 Å². The minimum Gasteiger partial charge on any atom is -0.396 e. The zero-order chi connectivity index (χ0) is 11.8. The van der Waals surface area contributed by atoms with Gasteiger partial charge >= 0.3 is 0 Å². The quantitative estimate of drug-likeness (QED) is 0.725. The van der Waals surface area contributed by atoms with E-state index in [1.54, 1.807) is 0 Å². The Morgan fingerprint density at radius 2 is 2.00 bits per heavy atom. The minimum absolute atomic E-state index is 0.241. The first-order chi connectivity index (χ1) is 7.76. The zero-order valence-corrected chi connectivity index (χ0v) is 10.2. The van der Waals surface area contributed by atoms with Crippen molar-refractivity contribution in [2.45, 2.75) is 19.0 Å². The Kier molecular flexibility index (Phi) is 6.08. The molecule has 0 aliphatic rings. The van der Waals surface area contributed by atoms with Crippen LogP contribution < -0.4 is 5.32 Å². The second-order valence-electron chi connectivity index (χ2n) is 4.18. The van der Waals surface area contributed by atoms with Gasteiger partial charge < -0.3 is 15.3 Å². The Hall–Kier alpha value is -0.900. The van der Waals surface area contributed by atoms with Crippen molar-refractivity contribution in [2.24, 2.45) is 0 Å². The number of nitrogens with one attached hydrogen (secondary N) is 1. The van der Waals surface area contributed by atoms with Gasteiger partial charge in [-0.25, -0.2) is 0 Å². The van der Waals surface area contributed by atoms with Crippen molar-refractivity contribution in [1.29, 1.82) is 0 Å². The molecule has 0 saturated heterocycles. The molecular weight excluding hydrogens is 200 g/mol. The third-order valence-corrected chi connectivity index (χ3v) is 2.71. The normalized spacial score (nSPS) is 13.0. The van der Waals surface area contributed by atoms with Crippen molar-refractivity contribution in [3.05, 3.63) is 35.9 Å². The number of benzene rings is 1. The third-order valence-electron chi connectivity index (χ3n) is 2.71. The smallest absolute Gasteiger partial charge is 0.0446 e. The predicted octanol–water partition coefficient (Wildman–Crippen LogP) is 1.09. The molecule has 90 valence electrons. The second-order valence-corrected chi connectivity index (χ2v) is 4.18. The first kappa shape index (κ1) is 13.2. The van der Waals surface area contributed by atoms with Gasteiger partial charge in [-0.1, -0.05) is 30.3 Å². The fourth-order valence-electron chi connectivity index (χ4n) is 1.82. The average Bonchev–Trinajstić information content (AvgIpc) is 2.29. The molecule has 0 amide bonds. The lowest BCUT2D eigenvalue weighted by Crippen LogP contribution is -2.38. The highest BCUT2D eigenvalue weighted by Crippen LogP contribution is 2.03. The van der Waals surface area contributed by atoms with Gasteiger partial charge in [0.05, 0.1) is 0 Å². The highest BCUT2D eigenvalue weighted by molar-refractivity contribution is 5.14. The van der Waals surface area contributed by atoms with Gasteiger partial charge in [0, 0.05) is 25.7 Å². The minimum atomic E-state index is 0.241. The third kappa shape index (κ3) is 4.75.